The van der Waals surface area contributed by atoms with E-state index in [2.05, 4.69) is 19.1 Å². The van der Waals surface area contributed by atoms with Crippen LogP contribution in [0.25, 0.3) is 0 Å². The lowest BCUT2D eigenvalue weighted by Gasteiger charge is -2.10. The Kier molecular flexibility index (Phi) is 23.7. The first-order valence-electron chi connectivity index (χ1n) is 10.9. The number of aliphatic hydroxyl groups excluding tert-OH is 1. The van der Waals surface area contributed by atoms with Crippen LogP contribution in [0.15, 0.2) is 12.2 Å². The van der Waals surface area contributed by atoms with E-state index < -0.39 is 0 Å². The maximum Gasteiger partial charge on any atom is 0.140 e. The minimum absolute atomic E-state index is 0. The van der Waals surface area contributed by atoms with Crippen LogP contribution >= 0.6 is 0 Å². The molecule has 0 saturated carbocycles. The highest BCUT2D eigenvalue weighted by molar-refractivity contribution is 5.91. The molecule has 0 bridgehead atoms. The highest BCUT2D eigenvalue weighted by Crippen LogP contribution is 2.17. The zero-order valence-electron chi connectivity index (χ0n) is 17.7. The third-order valence-corrected chi connectivity index (χ3v) is 4.90. The van der Waals surface area contributed by atoms with Gasteiger partial charge in [0.2, 0.25) is 0 Å². The van der Waals surface area contributed by atoms with Gasteiger partial charge in [0.1, 0.15) is 5.78 Å². The summed E-state index contributed by atoms with van der Waals surface area (Å²) in [6.45, 7) is 4.37. The quantitative estimate of drug-likeness (QED) is 0.188. The molecule has 0 fully saturated rings. The summed E-state index contributed by atoms with van der Waals surface area (Å²) in [7, 11) is 0. The first kappa shape index (κ1) is 27.5. The highest BCUT2D eigenvalue weighted by Gasteiger charge is 2.15. The summed E-state index contributed by atoms with van der Waals surface area (Å²) in [5, 5.41) is 8.94. The van der Waals surface area contributed by atoms with Gasteiger partial charge in [-0.15, -0.1) is 0 Å². The van der Waals surface area contributed by atoms with Gasteiger partial charge < -0.3 is 11.3 Å². The van der Waals surface area contributed by atoms with Crippen LogP contribution in [-0.2, 0) is 4.79 Å². The molecule has 0 aromatic carbocycles. The van der Waals surface area contributed by atoms with E-state index in [0.29, 0.717) is 12.8 Å². The number of rotatable bonds is 19. The fraction of sp³-hybridized carbons (Fsp3) is 0.826. The van der Waals surface area contributed by atoms with Crippen molar-refractivity contribution in [2.75, 3.05) is 6.61 Å². The molecule has 0 amide bonds. The lowest BCUT2D eigenvalue weighted by Crippen LogP contribution is -2.12. The van der Waals surface area contributed by atoms with E-state index in [4.69, 9.17) is 5.11 Å². The zero-order valence-corrected chi connectivity index (χ0v) is 17.7. The molecule has 155 valence electrons. The Balaban J connectivity index is 0. The number of carbonyl (C=O) groups excluding carboxylic acids is 1. The molecule has 0 atom stereocenters. The Hall–Kier alpha value is -0.670. The molecule has 3 heteroatoms. The predicted molar refractivity (Wildman–Crippen MR) is 115 cm³/mol. The molecular formula is C23H46NO2. The maximum absolute atomic E-state index is 11.9. The summed E-state index contributed by atoms with van der Waals surface area (Å²) in [5.74, 6) is 1.19. The number of carbonyl (C=O) groups is 1. The second kappa shape index (κ2) is 22.4. The number of ketones is 1. The SMILES string of the molecule is CCCCCCCC/C=C\CCCCCCCC(=O)[C](CC)CCO.N. The summed E-state index contributed by atoms with van der Waals surface area (Å²) >= 11 is 0. The van der Waals surface area contributed by atoms with E-state index in [1.165, 1.54) is 70.6 Å². The highest BCUT2D eigenvalue weighted by atomic mass is 16.3. The Morgan fingerprint density at radius 1 is 0.731 bits per heavy atom. The lowest BCUT2D eigenvalue weighted by molar-refractivity contribution is -0.117. The molecular weight excluding hydrogens is 322 g/mol. The molecule has 4 N–H and O–H groups in total. The van der Waals surface area contributed by atoms with Crippen molar-refractivity contribution in [3.63, 3.8) is 0 Å². The lowest BCUT2D eigenvalue weighted by atomic mass is 9.93. The Morgan fingerprint density at radius 2 is 1.23 bits per heavy atom. The van der Waals surface area contributed by atoms with Crippen LogP contribution in [0.1, 0.15) is 117 Å². The molecule has 0 heterocycles. The number of allylic oxidation sites excluding steroid dienone is 2. The van der Waals surface area contributed by atoms with Crippen molar-refractivity contribution in [3.8, 4) is 0 Å². The Bertz CT molecular complexity index is 315. The third-order valence-electron chi connectivity index (χ3n) is 4.90. The van der Waals surface area contributed by atoms with E-state index in [-0.39, 0.29) is 18.5 Å². The van der Waals surface area contributed by atoms with Crippen molar-refractivity contribution >= 4 is 5.78 Å². The number of unbranched alkanes of at least 4 members (excludes halogenated alkanes) is 11. The van der Waals surface area contributed by atoms with Crippen LogP contribution in [0.5, 0.6) is 0 Å². The van der Waals surface area contributed by atoms with E-state index >= 15 is 0 Å². The van der Waals surface area contributed by atoms with Crippen molar-refractivity contribution in [1.82, 2.24) is 6.15 Å². The topological polar surface area (TPSA) is 72.3 Å². The summed E-state index contributed by atoms with van der Waals surface area (Å²) in [6, 6.07) is 0. The molecule has 0 aromatic heterocycles. The van der Waals surface area contributed by atoms with Crippen LogP contribution in [0.3, 0.4) is 0 Å². The standard InChI is InChI=1S/C23H43O2.H3N/c1-3-5-6-7-8-9-10-11-12-13-14-15-16-17-18-19-23(25)22(4-2)20-21-24;/h11-12,24H,3-10,13-21H2,1-2H3;1H3/b12-11-;. The van der Waals surface area contributed by atoms with Gasteiger partial charge in [-0.1, -0.05) is 77.4 Å². The van der Waals surface area contributed by atoms with Crippen molar-refractivity contribution in [3.05, 3.63) is 18.1 Å². The van der Waals surface area contributed by atoms with Gasteiger partial charge in [-0.2, -0.15) is 0 Å². The van der Waals surface area contributed by atoms with Gasteiger partial charge in [0.15, 0.2) is 0 Å². The number of hydrogen-bond acceptors (Lipinski definition) is 3. The van der Waals surface area contributed by atoms with Crippen molar-refractivity contribution in [2.24, 2.45) is 0 Å². The van der Waals surface area contributed by atoms with Gasteiger partial charge in [0.25, 0.3) is 0 Å². The minimum Gasteiger partial charge on any atom is -0.396 e. The molecule has 1 radical (unpaired) electrons. The van der Waals surface area contributed by atoms with E-state index in [1.54, 1.807) is 0 Å². The molecule has 0 aromatic rings. The van der Waals surface area contributed by atoms with Crippen molar-refractivity contribution in [2.45, 2.75) is 117 Å². The monoisotopic (exact) mass is 368 g/mol. The third kappa shape index (κ3) is 18.1. The Morgan fingerprint density at radius 3 is 1.73 bits per heavy atom. The fourth-order valence-electron chi connectivity index (χ4n) is 3.18. The minimum atomic E-state index is 0. The maximum atomic E-state index is 11.9. The van der Waals surface area contributed by atoms with Gasteiger partial charge in [0, 0.05) is 18.9 Å². The summed E-state index contributed by atoms with van der Waals surface area (Å²) in [4.78, 5) is 11.9. The predicted octanol–water partition coefficient (Wildman–Crippen LogP) is 7.12. The van der Waals surface area contributed by atoms with Gasteiger partial charge in [0.05, 0.1) is 0 Å². The smallest absolute Gasteiger partial charge is 0.140 e. The molecule has 26 heavy (non-hydrogen) atoms. The first-order chi connectivity index (χ1) is 12.3. The number of Topliss-reactive ketones (excluding diaryl/α,β-unsaturated/α-hetero) is 1. The van der Waals surface area contributed by atoms with Crippen molar-refractivity contribution in [1.29, 1.82) is 0 Å². The fourth-order valence-corrected chi connectivity index (χ4v) is 3.18. The van der Waals surface area contributed by atoms with Gasteiger partial charge >= 0.3 is 0 Å². The second-order valence-electron chi connectivity index (χ2n) is 7.19. The largest absolute Gasteiger partial charge is 0.396 e. The average Bonchev–Trinajstić information content (AvgIpc) is 2.62. The van der Waals surface area contributed by atoms with Crippen LogP contribution in [0, 0.1) is 5.92 Å². The van der Waals surface area contributed by atoms with E-state index in [9.17, 15) is 4.79 Å². The molecule has 0 spiro atoms. The van der Waals surface area contributed by atoms with Crippen molar-refractivity contribution < 1.29 is 9.90 Å². The van der Waals surface area contributed by atoms with Crippen LogP contribution in [0.2, 0.25) is 0 Å². The van der Waals surface area contributed by atoms with Gasteiger partial charge in [-0.25, -0.2) is 0 Å². The molecule has 0 aliphatic rings. The van der Waals surface area contributed by atoms with Crippen LogP contribution in [-0.4, -0.2) is 17.5 Å². The molecule has 0 aliphatic carbocycles. The molecule has 0 rings (SSSR count). The van der Waals surface area contributed by atoms with Gasteiger partial charge in [-0.05, 0) is 44.9 Å². The van der Waals surface area contributed by atoms with E-state index in [1.807, 2.05) is 6.92 Å². The normalized spacial score (nSPS) is 11.2. The van der Waals surface area contributed by atoms with Crippen LogP contribution in [0.4, 0.5) is 0 Å². The second-order valence-corrected chi connectivity index (χ2v) is 7.19. The van der Waals surface area contributed by atoms with Gasteiger partial charge in [-0.3, -0.25) is 4.79 Å². The average molecular weight is 369 g/mol. The summed E-state index contributed by atoms with van der Waals surface area (Å²) < 4.78 is 0. The summed E-state index contributed by atoms with van der Waals surface area (Å²) in [6.07, 6.45) is 23.4. The molecule has 3 nitrogen and oxygen atoms in total. The first-order valence-corrected chi connectivity index (χ1v) is 10.9. The number of hydrogen-bond donors (Lipinski definition) is 2. The molecule has 0 aliphatic heterocycles. The zero-order chi connectivity index (χ0) is 18.6. The molecule has 0 unspecified atom stereocenters. The van der Waals surface area contributed by atoms with Crippen LogP contribution < -0.4 is 6.15 Å². The Labute approximate surface area is 163 Å². The van der Waals surface area contributed by atoms with E-state index in [0.717, 1.165) is 25.2 Å². The summed E-state index contributed by atoms with van der Waals surface area (Å²) in [5.41, 5.74) is 0. The molecule has 0 saturated heterocycles. The number of aliphatic hydroxyl groups is 1.